The maximum absolute atomic E-state index is 12.7. The molecule has 1 fully saturated rings. The van der Waals surface area contributed by atoms with Gasteiger partial charge in [0, 0.05) is 29.7 Å². The number of nitrogen functional groups attached to an aromatic ring is 1. The number of aromatic nitrogens is 2. The van der Waals surface area contributed by atoms with Crippen molar-refractivity contribution in [2.24, 2.45) is 0 Å². The summed E-state index contributed by atoms with van der Waals surface area (Å²) in [6.07, 6.45) is 1.06. The number of ether oxygens (including phenoxy) is 2. The van der Waals surface area contributed by atoms with Gasteiger partial charge in [0.25, 0.3) is 0 Å². The van der Waals surface area contributed by atoms with Gasteiger partial charge < -0.3 is 15.2 Å². The van der Waals surface area contributed by atoms with Gasteiger partial charge in [-0.3, -0.25) is 0 Å². The smallest absolute Gasteiger partial charge is 0.435 e. The lowest BCUT2D eigenvalue weighted by atomic mass is 9.94. The normalized spacial score (nSPS) is 15.8. The topological polar surface area (TPSA) is 79.4 Å². The van der Waals surface area contributed by atoms with E-state index in [1.807, 2.05) is 32.9 Å². The Morgan fingerprint density at radius 1 is 1.27 bits per heavy atom. The van der Waals surface area contributed by atoms with Crippen molar-refractivity contribution in [3.05, 3.63) is 35.0 Å². The summed E-state index contributed by atoms with van der Waals surface area (Å²) in [4.78, 5) is 12.7. The summed E-state index contributed by atoms with van der Waals surface area (Å²) < 4.78 is 12.3. The highest BCUT2D eigenvalue weighted by atomic mass is 35.5. The van der Waals surface area contributed by atoms with Crippen LogP contribution in [0, 0.1) is 0 Å². The van der Waals surface area contributed by atoms with Gasteiger partial charge in [-0.25, -0.2) is 4.79 Å². The second-order valence-corrected chi connectivity index (χ2v) is 7.87. The molecule has 1 aromatic carbocycles. The second-order valence-electron chi connectivity index (χ2n) is 7.43. The molecule has 140 valence electrons. The van der Waals surface area contributed by atoms with E-state index in [0.29, 0.717) is 35.3 Å². The molecular formula is C19H24ClN3O3. The molecule has 0 saturated carbocycles. The van der Waals surface area contributed by atoms with Crippen LogP contribution in [0.1, 0.15) is 45.2 Å². The number of nitrogens with two attached hydrogens (primary N) is 1. The Hall–Kier alpha value is -2.05. The first-order chi connectivity index (χ1) is 12.3. The van der Waals surface area contributed by atoms with E-state index in [-0.39, 0.29) is 5.92 Å². The molecule has 0 atom stereocenters. The van der Waals surface area contributed by atoms with Crippen LogP contribution in [0.5, 0.6) is 0 Å². The van der Waals surface area contributed by atoms with Crippen molar-refractivity contribution >= 4 is 23.4 Å². The Morgan fingerprint density at radius 3 is 2.46 bits per heavy atom. The number of carbonyl (C=O) groups is 1. The van der Waals surface area contributed by atoms with Gasteiger partial charge in [-0.15, -0.1) is 0 Å². The standard InChI is InChI=1S/C19H24ClN3O3/c1-19(2,3)26-18(24)23-17(13-8-10-25-11-9-13)15(21)16(22-23)12-4-6-14(20)7-5-12/h4-7,13H,8-11,21H2,1-3H3. The van der Waals surface area contributed by atoms with E-state index in [1.165, 1.54) is 4.68 Å². The third-order valence-corrected chi connectivity index (χ3v) is 4.50. The molecule has 26 heavy (non-hydrogen) atoms. The van der Waals surface area contributed by atoms with E-state index in [2.05, 4.69) is 5.10 Å². The largest absolute Gasteiger partial charge is 0.442 e. The third-order valence-electron chi connectivity index (χ3n) is 4.25. The second kappa shape index (κ2) is 7.29. The maximum atomic E-state index is 12.7. The van der Waals surface area contributed by atoms with Gasteiger partial charge in [-0.05, 0) is 45.7 Å². The molecule has 0 aliphatic carbocycles. The highest BCUT2D eigenvalue weighted by Crippen LogP contribution is 2.37. The lowest BCUT2D eigenvalue weighted by Gasteiger charge is -2.24. The average Bonchev–Trinajstić information content (AvgIpc) is 2.92. The van der Waals surface area contributed by atoms with Crippen molar-refractivity contribution in [3.63, 3.8) is 0 Å². The third kappa shape index (κ3) is 4.02. The minimum Gasteiger partial charge on any atom is -0.442 e. The van der Waals surface area contributed by atoms with E-state index < -0.39 is 11.7 Å². The number of nitrogens with zero attached hydrogens (tertiary/aromatic N) is 2. The number of anilines is 1. The Balaban J connectivity index is 2.07. The van der Waals surface area contributed by atoms with E-state index >= 15 is 0 Å². The number of hydrogen-bond acceptors (Lipinski definition) is 5. The SMILES string of the molecule is CC(C)(C)OC(=O)n1nc(-c2ccc(Cl)cc2)c(N)c1C1CCOCC1. The van der Waals surface area contributed by atoms with Gasteiger partial charge in [0.05, 0.1) is 11.4 Å². The van der Waals surface area contributed by atoms with Crippen molar-refractivity contribution < 1.29 is 14.3 Å². The molecule has 7 heteroatoms. The highest BCUT2D eigenvalue weighted by Gasteiger charge is 2.30. The Bertz CT molecular complexity index is 788. The van der Waals surface area contributed by atoms with Crippen molar-refractivity contribution in [2.75, 3.05) is 18.9 Å². The monoisotopic (exact) mass is 377 g/mol. The summed E-state index contributed by atoms with van der Waals surface area (Å²) >= 11 is 5.98. The van der Waals surface area contributed by atoms with Crippen LogP contribution in [0.2, 0.25) is 5.02 Å². The van der Waals surface area contributed by atoms with Crippen LogP contribution in [0.15, 0.2) is 24.3 Å². The lowest BCUT2D eigenvalue weighted by Crippen LogP contribution is -2.30. The van der Waals surface area contributed by atoms with Crippen molar-refractivity contribution in [3.8, 4) is 11.3 Å². The fourth-order valence-electron chi connectivity index (χ4n) is 3.07. The van der Waals surface area contributed by atoms with Crippen molar-refractivity contribution in [1.29, 1.82) is 0 Å². The Morgan fingerprint density at radius 2 is 1.88 bits per heavy atom. The van der Waals surface area contributed by atoms with Gasteiger partial charge >= 0.3 is 6.09 Å². The number of rotatable bonds is 2. The molecule has 2 heterocycles. The number of carbonyl (C=O) groups excluding carboxylic acids is 1. The van der Waals surface area contributed by atoms with Gasteiger partial charge in [0.1, 0.15) is 11.3 Å². The summed E-state index contributed by atoms with van der Waals surface area (Å²) in [6.45, 7) is 6.75. The minimum atomic E-state index is -0.620. The highest BCUT2D eigenvalue weighted by molar-refractivity contribution is 6.30. The molecule has 1 aromatic heterocycles. The molecule has 1 aliphatic heterocycles. The van der Waals surface area contributed by atoms with E-state index in [9.17, 15) is 4.79 Å². The van der Waals surface area contributed by atoms with E-state index in [1.54, 1.807) is 12.1 Å². The molecule has 2 N–H and O–H groups in total. The van der Waals surface area contributed by atoms with Crippen LogP contribution < -0.4 is 5.73 Å². The number of benzene rings is 1. The molecule has 0 unspecified atom stereocenters. The van der Waals surface area contributed by atoms with Crippen LogP contribution in [0.25, 0.3) is 11.3 Å². The van der Waals surface area contributed by atoms with Crippen molar-refractivity contribution in [1.82, 2.24) is 9.78 Å². The van der Waals surface area contributed by atoms with Gasteiger partial charge in [0.2, 0.25) is 0 Å². The quantitative estimate of drug-likeness (QED) is 0.835. The van der Waals surface area contributed by atoms with E-state index in [0.717, 1.165) is 18.4 Å². The lowest BCUT2D eigenvalue weighted by molar-refractivity contribution is 0.0491. The Kier molecular flexibility index (Phi) is 5.25. The minimum absolute atomic E-state index is 0.102. The molecule has 0 spiro atoms. The predicted octanol–water partition coefficient (Wildman–Crippen LogP) is 4.46. The Labute approximate surface area is 158 Å². The first-order valence-electron chi connectivity index (χ1n) is 8.71. The zero-order valence-electron chi connectivity index (χ0n) is 15.3. The van der Waals surface area contributed by atoms with Gasteiger partial charge in [-0.1, -0.05) is 23.7 Å². The zero-order chi connectivity index (χ0) is 18.9. The molecule has 3 rings (SSSR count). The molecule has 6 nitrogen and oxygen atoms in total. The van der Waals surface area contributed by atoms with E-state index in [4.69, 9.17) is 26.8 Å². The number of halogens is 1. The summed E-state index contributed by atoms with van der Waals surface area (Å²) in [5.74, 6) is 0.102. The molecule has 2 aromatic rings. The summed E-state index contributed by atoms with van der Waals surface area (Å²) in [5.41, 5.74) is 8.40. The van der Waals surface area contributed by atoms with Gasteiger partial charge in [0.15, 0.2) is 0 Å². The van der Waals surface area contributed by atoms with Gasteiger partial charge in [-0.2, -0.15) is 9.78 Å². The number of hydrogen-bond donors (Lipinski definition) is 1. The summed E-state index contributed by atoms with van der Waals surface area (Å²) in [5, 5.41) is 5.13. The fraction of sp³-hybridized carbons (Fsp3) is 0.474. The first kappa shape index (κ1) is 18.7. The molecule has 0 bridgehead atoms. The van der Waals surface area contributed by atoms with Crippen LogP contribution >= 0.6 is 11.6 Å². The zero-order valence-corrected chi connectivity index (χ0v) is 16.0. The summed E-state index contributed by atoms with van der Waals surface area (Å²) in [6, 6.07) is 7.23. The average molecular weight is 378 g/mol. The summed E-state index contributed by atoms with van der Waals surface area (Å²) in [7, 11) is 0. The fourth-order valence-corrected chi connectivity index (χ4v) is 3.20. The maximum Gasteiger partial charge on any atom is 0.435 e. The van der Waals surface area contributed by atoms with Crippen LogP contribution in [0.4, 0.5) is 10.5 Å². The molecule has 0 amide bonds. The molecular weight excluding hydrogens is 354 g/mol. The van der Waals surface area contributed by atoms with Crippen LogP contribution in [-0.4, -0.2) is 34.7 Å². The van der Waals surface area contributed by atoms with Crippen LogP contribution in [-0.2, 0) is 9.47 Å². The molecule has 0 radical (unpaired) electrons. The molecule has 1 aliphatic rings. The van der Waals surface area contributed by atoms with Crippen molar-refractivity contribution in [2.45, 2.75) is 45.1 Å². The van der Waals surface area contributed by atoms with Crippen LogP contribution in [0.3, 0.4) is 0 Å². The first-order valence-corrected chi connectivity index (χ1v) is 9.09. The predicted molar refractivity (Wildman–Crippen MR) is 102 cm³/mol. The molecule has 1 saturated heterocycles.